The van der Waals surface area contributed by atoms with E-state index in [9.17, 15) is 10.2 Å². The third kappa shape index (κ3) is 3.50. The van der Waals surface area contributed by atoms with Crippen LogP contribution in [0, 0.1) is 0 Å². The maximum atomic E-state index is 9.27. The minimum Gasteiger partial charge on any atom is -0.508 e. The number of phenols is 2. The molecule has 0 bridgehead atoms. The molecule has 2 N–H and O–H groups in total. The summed E-state index contributed by atoms with van der Waals surface area (Å²) in [6, 6.07) is 4.75. The van der Waals surface area contributed by atoms with Crippen LogP contribution in [0.5, 0.6) is 11.5 Å². The molecule has 1 aromatic carbocycles. The van der Waals surface area contributed by atoms with Gasteiger partial charge in [0.15, 0.2) is 0 Å². The molecule has 0 radical (unpaired) electrons. The Labute approximate surface area is 89.0 Å². The maximum Gasteiger partial charge on any atom is 0.119 e. The molecule has 0 aliphatic rings. The van der Waals surface area contributed by atoms with E-state index in [0.717, 1.165) is 17.7 Å². The second-order valence-electron chi connectivity index (χ2n) is 3.33. The monoisotopic (exact) mass is 212 g/mol. The number of rotatable bonds is 4. The quantitative estimate of drug-likeness (QED) is 0.806. The summed E-state index contributed by atoms with van der Waals surface area (Å²) in [5.74, 6) is 1.36. The van der Waals surface area contributed by atoms with Gasteiger partial charge >= 0.3 is 0 Å². The smallest absolute Gasteiger partial charge is 0.119 e. The van der Waals surface area contributed by atoms with Gasteiger partial charge in [0, 0.05) is 11.3 Å². The summed E-state index contributed by atoms with van der Waals surface area (Å²) in [4.78, 5) is 0. The lowest BCUT2D eigenvalue weighted by atomic mass is 10.1. The lowest BCUT2D eigenvalue weighted by Crippen LogP contribution is -2.01. The molecule has 0 saturated heterocycles. The van der Waals surface area contributed by atoms with Gasteiger partial charge in [-0.05, 0) is 29.9 Å². The topological polar surface area (TPSA) is 40.5 Å². The average molecular weight is 212 g/mol. The van der Waals surface area contributed by atoms with Gasteiger partial charge in [0.25, 0.3) is 0 Å². The van der Waals surface area contributed by atoms with Gasteiger partial charge in [-0.15, -0.1) is 0 Å². The van der Waals surface area contributed by atoms with Crippen molar-refractivity contribution in [2.45, 2.75) is 25.5 Å². The minimum absolute atomic E-state index is 0.133. The fourth-order valence-electron chi connectivity index (χ4n) is 1.45. The first-order chi connectivity index (χ1) is 6.61. The maximum absolute atomic E-state index is 9.27. The Morgan fingerprint density at radius 2 is 1.79 bits per heavy atom. The van der Waals surface area contributed by atoms with E-state index >= 15 is 0 Å². The third-order valence-electron chi connectivity index (χ3n) is 1.94. The van der Waals surface area contributed by atoms with Crippen LogP contribution in [0.15, 0.2) is 18.2 Å². The van der Waals surface area contributed by atoms with Gasteiger partial charge in [0.1, 0.15) is 11.5 Å². The lowest BCUT2D eigenvalue weighted by Gasteiger charge is -2.10. The summed E-state index contributed by atoms with van der Waals surface area (Å²) in [5.41, 5.74) is 0.982. The van der Waals surface area contributed by atoms with Crippen molar-refractivity contribution < 1.29 is 10.2 Å². The number of hydrogen-bond acceptors (Lipinski definition) is 3. The van der Waals surface area contributed by atoms with Crippen LogP contribution in [0.1, 0.15) is 19.4 Å². The molecular formula is C11H16O2S. The van der Waals surface area contributed by atoms with Crippen molar-refractivity contribution in [1.29, 1.82) is 0 Å². The summed E-state index contributed by atoms with van der Waals surface area (Å²) in [6.07, 6.45) is 0.875. The molecule has 3 heteroatoms. The first kappa shape index (κ1) is 11.2. The highest BCUT2D eigenvalue weighted by Gasteiger charge is 2.05. The zero-order valence-corrected chi connectivity index (χ0v) is 9.34. The van der Waals surface area contributed by atoms with Crippen LogP contribution in [-0.4, -0.2) is 21.2 Å². The van der Waals surface area contributed by atoms with Gasteiger partial charge in [-0.2, -0.15) is 11.8 Å². The van der Waals surface area contributed by atoms with Crippen molar-refractivity contribution >= 4 is 11.8 Å². The standard InChI is InChI=1S/C11H16O2S/c1-3-14-8(2)4-9-5-10(12)7-11(13)6-9/h5-8,12-13H,3-4H2,1-2H3. The Kier molecular flexibility index (Phi) is 4.14. The fraction of sp³-hybridized carbons (Fsp3) is 0.455. The Balaban J connectivity index is 2.66. The van der Waals surface area contributed by atoms with Crippen molar-refractivity contribution in [3.63, 3.8) is 0 Å². The van der Waals surface area contributed by atoms with E-state index in [1.54, 1.807) is 12.1 Å². The Hall–Kier alpha value is -0.830. The Morgan fingerprint density at radius 1 is 1.21 bits per heavy atom. The summed E-state index contributed by atoms with van der Waals surface area (Å²) in [7, 11) is 0. The highest BCUT2D eigenvalue weighted by Crippen LogP contribution is 2.23. The van der Waals surface area contributed by atoms with E-state index in [1.807, 2.05) is 11.8 Å². The van der Waals surface area contributed by atoms with Gasteiger partial charge in [0.2, 0.25) is 0 Å². The molecule has 0 fully saturated rings. The molecule has 1 rings (SSSR count). The molecular weight excluding hydrogens is 196 g/mol. The van der Waals surface area contributed by atoms with E-state index < -0.39 is 0 Å². The van der Waals surface area contributed by atoms with Crippen molar-refractivity contribution in [3.05, 3.63) is 23.8 Å². The molecule has 1 aromatic rings. The summed E-state index contributed by atoms with van der Waals surface area (Å²) in [5, 5.41) is 19.1. The van der Waals surface area contributed by atoms with Crippen molar-refractivity contribution in [2.75, 3.05) is 5.75 Å². The highest BCUT2D eigenvalue weighted by atomic mass is 32.2. The summed E-state index contributed by atoms with van der Waals surface area (Å²) in [6.45, 7) is 4.27. The van der Waals surface area contributed by atoms with Crippen molar-refractivity contribution in [2.24, 2.45) is 0 Å². The normalized spacial score (nSPS) is 12.7. The molecule has 0 amide bonds. The summed E-state index contributed by atoms with van der Waals surface area (Å²) < 4.78 is 0. The zero-order chi connectivity index (χ0) is 10.6. The predicted octanol–water partition coefficient (Wildman–Crippen LogP) is 2.78. The van der Waals surface area contributed by atoms with Gasteiger partial charge in [-0.3, -0.25) is 0 Å². The Morgan fingerprint density at radius 3 is 2.29 bits per heavy atom. The molecule has 0 saturated carbocycles. The molecule has 0 aliphatic heterocycles. The number of aromatic hydroxyl groups is 2. The van der Waals surface area contributed by atoms with E-state index in [0.29, 0.717) is 5.25 Å². The molecule has 2 nitrogen and oxygen atoms in total. The van der Waals surface area contributed by atoms with E-state index in [-0.39, 0.29) is 11.5 Å². The van der Waals surface area contributed by atoms with Gasteiger partial charge < -0.3 is 10.2 Å². The van der Waals surface area contributed by atoms with Crippen molar-refractivity contribution in [1.82, 2.24) is 0 Å². The zero-order valence-electron chi connectivity index (χ0n) is 8.53. The lowest BCUT2D eigenvalue weighted by molar-refractivity contribution is 0.449. The van der Waals surface area contributed by atoms with Crippen LogP contribution in [0.3, 0.4) is 0 Å². The van der Waals surface area contributed by atoms with Crippen molar-refractivity contribution in [3.8, 4) is 11.5 Å². The molecule has 78 valence electrons. The molecule has 0 aliphatic carbocycles. The highest BCUT2D eigenvalue weighted by molar-refractivity contribution is 7.99. The Bertz CT molecular complexity index is 279. The number of benzene rings is 1. The van der Waals surface area contributed by atoms with Crippen LogP contribution < -0.4 is 0 Å². The predicted molar refractivity (Wildman–Crippen MR) is 61.1 cm³/mol. The van der Waals surface area contributed by atoms with Crippen LogP contribution in [0.25, 0.3) is 0 Å². The molecule has 1 unspecified atom stereocenters. The second kappa shape index (κ2) is 5.15. The average Bonchev–Trinajstić information content (AvgIpc) is 2.01. The van der Waals surface area contributed by atoms with Gasteiger partial charge in [-0.1, -0.05) is 13.8 Å². The molecule has 0 heterocycles. The first-order valence-corrected chi connectivity index (χ1v) is 5.80. The largest absolute Gasteiger partial charge is 0.508 e. The number of phenolic OH excluding ortho intramolecular Hbond substituents is 2. The second-order valence-corrected chi connectivity index (χ2v) is 5.04. The van der Waals surface area contributed by atoms with Crippen LogP contribution >= 0.6 is 11.8 Å². The third-order valence-corrected chi connectivity index (χ3v) is 3.01. The van der Waals surface area contributed by atoms with E-state index in [4.69, 9.17) is 0 Å². The number of thioether (sulfide) groups is 1. The van der Waals surface area contributed by atoms with Crippen LogP contribution in [0.2, 0.25) is 0 Å². The van der Waals surface area contributed by atoms with Crippen LogP contribution in [0.4, 0.5) is 0 Å². The molecule has 0 spiro atoms. The first-order valence-electron chi connectivity index (χ1n) is 4.75. The minimum atomic E-state index is 0.133. The van der Waals surface area contributed by atoms with E-state index in [1.165, 1.54) is 6.07 Å². The fourth-order valence-corrected chi connectivity index (χ4v) is 2.33. The SMILES string of the molecule is CCSC(C)Cc1cc(O)cc(O)c1. The van der Waals surface area contributed by atoms with Gasteiger partial charge in [-0.25, -0.2) is 0 Å². The molecule has 14 heavy (non-hydrogen) atoms. The molecule has 1 atom stereocenters. The number of hydrogen-bond donors (Lipinski definition) is 2. The van der Waals surface area contributed by atoms with Gasteiger partial charge in [0.05, 0.1) is 0 Å². The van der Waals surface area contributed by atoms with E-state index in [2.05, 4.69) is 13.8 Å². The summed E-state index contributed by atoms with van der Waals surface area (Å²) >= 11 is 1.87. The van der Waals surface area contributed by atoms with Crippen LogP contribution in [-0.2, 0) is 6.42 Å². The molecule has 0 aromatic heterocycles.